The first-order valence-corrected chi connectivity index (χ1v) is 9.24. The number of piperidine rings is 1. The van der Waals surface area contributed by atoms with Crippen molar-refractivity contribution in [3.8, 4) is 6.07 Å². The van der Waals surface area contributed by atoms with Crippen LogP contribution in [0.4, 0.5) is 5.69 Å². The molecule has 1 saturated heterocycles. The van der Waals surface area contributed by atoms with E-state index in [1.165, 1.54) is 0 Å². The lowest BCUT2D eigenvalue weighted by Crippen LogP contribution is -2.40. The van der Waals surface area contributed by atoms with Crippen LogP contribution in [0.3, 0.4) is 0 Å². The van der Waals surface area contributed by atoms with E-state index < -0.39 is 0 Å². The second kappa shape index (κ2) is 8.45. The van der Waals surface area contributed by atoms with Crippen molar-refractivity contribution in [1.29, 1.82) is 5.26 Å². The zero-order valence-corrected chi connectivity index (χ0v) is 16.8. The normalized spacial score (nSPS) is 18.8. The highest BCUT2D eigenvalue weighted by Crippen LogP contribution is 2.33. The number of fused-ring (bicyclic) bond motifs is 1. The number of nitriles is 1. The van der Waals surface area contributed by atoms with Gasteiger partial charge in [0, 0.05) is 31.7 Å². The molecule has 150 valence electrons. The van der Waals surface area contributed by atoms with Crippen molar-refractivity contribution in [3.05, 3.63) is 48.3 Å². The average Bonchev–Trinajstić information content (AvgIpc) is 3.14. The van der Waals surface area contributed by atoms with Crippen molar-refractivity contribution in [2.24, 2.45) is 11.7 Å². The summed E-state index contributed by atoms with van der Waals surface area (Å²) in [6.45, 7) is 3.91. The van der Waals surface area contributed by atoms with Crippen LogP contribution in [0.2, 0.25) is 0 Å². The second-order valence-corrected chi connectivity index (χ2v) is 7.35. The van der Waals surface area contributed by atoms with E-state index in [2.05, 4.69) is 37.4 Å². The van der Waals surface area contributed by atoms with Crippen LogP contribution in [0.15, 0.2) is 37.1 Å². The number of anilines is 1. The highest BCUT2D eigenvalue weighted by Gasteiger charge is 2.28. The lowest BCUT2D eigenvalue weighted by molar-refractivity contribution is -0.117. The van der Waals surface area contributed by atoms with Crippen molar-refractivity contribution >= 4 is 35.0 Å². The molecule has 0 unspecified atom stereocenters. The Morgan fingerprint density at radius 3 is 2.72 bits per heavy atom. The molecule has 2 aromatic heterocycles. The summed E-state index contributed by atoms with van der Waals surface area (Å²) in [4.78, 5) is 26.6. The molecule has 8 nitrogen and oxygen atoms in total. The van der Waals surface area contributed by atoms with E-state index in [1.54, 1.807) is 18.7 Å². The van der Waals surface area contributed by atoms with Crippen molar-refractivity contribution < 1.29 is 4.79 Å². The SMILES string of the molecule is C[C@H]1C[C@@H](n2cnc(CC(N)=O)c2)CN(c2ccc(C#N)c3nccnc23)C1.Cl. The van der Waals surface area contributed by atoms with E-state index in [-0.39, 0.29) is 30.8 Å². The Hall–Kier alpha value is -3.18. The molecule has 0 aliphatic carbocycles. The number of hydrogen-bond donors (Lipinski definition) is 1. The van der Waals surface area contributed by atoms with Crippen LogP contribution in [0, 0.1) is 17.2 Å². The van der Waals surface area contributed by atoms with Gasteiger partial charge in [0.15, 0.2) is 0 Å². The highest BCUT2D eigenvalue weighted by molar-refractivity contribution is 5.92. The van der Waals surface area contributed by atoms with Crippen LogP contribution in [0.25, 0.3) is 11.0 Å². The lowest BCUT2D eigenvalue weighted by Gasteiger charge is -2.38. The maximum Gasteiger partial charge on any atom is 0.223 e. The predicted octanol–water partition coefficient (Wildman–Crippen LogP) is 2.24. The van der Waals surface area contributed by atoms with Gasteiger partial charge in [0.25, 0.3) is 0 Å². The molecule has 1 aliphatic rings. The Balaban J connectivity index is 0.00000240. The molecule has 3 aromatic rings. The summed E-state index contributed by atoms with van der Waals surface area (Å²) in [5.74, 6) is 0.0784. The van der Waals surface area contributed by atoms with E-state index in [4.69, 9.17) is 5.73 Å². The molecule has 1 amide bonds. The van der Waals surface area contributed by atoms with E-state index in [1.807, 2.05) is 18.3 Å². The molecule has 0 bridgehead atoms. The molecule has 1 fully saturated rings. The van der Waals surface area contributed by atoms with E-state index in [9.17, 15) is 10.1 Å². The van der Waals surface area contributed by atoms with Crippen LogP contribution in [-0.2, 0) is 11.2 Å². The summed E-state index contributed by atoms with van der Waals surface area (Å²) in [7, 11) is 0. The van der Waals surface area contributed by atoms with Gasteiger partial charge in [-0.1, -0.05) is 6.92 Å². The van der Waals surface area contributed by atoms with Gasteiger partial charge in [-0.05, 0) is 24.5 Å². The quantitative estimate of drug-likeness (QED) is 0.704. The van der Waals surface area contributed by atoms with Gasteiger partial charge in [-0.2, -0.15) is 5.26 Å². The molecular formula is C20H22ClN7O. The van der Waals surface area contributed by atoms with Crippen LogP contribution >= 0.6 is 12.4 Å². The third-order valence-electron chi connectivity index (χ3n) is 5.13. The third kappa shape index (κ3) is 4.15. The summed E-state index contributed by atoms with van der Waals surface area (Å²) >= 11 is 0. The molecule has 0 saturated carbocycles. The third-order valence-corrected chi connectivity index (χ3v) is 5.13. The average molecular weight is 412 g/mol. The Morgan fingerprint density at radius 1 is 1.24 bits per heavy atom. The second-order valence-electron chi connectivity index (χ2n) is 7.35. The largest absolute Gasteiger partial charge is 0.369 e. The minimum absolute atomic E-state index is 0. The number of amides is 1. The lowest BCUT2D eigenvalue weighted by atomic mass is 9.95. The van der Waals surface area contributed by atoms with Gasteiger partial charge in [-0.15, -0.1) is 12.4 Å². The number of halogens is 1. The van der Waals surface area contributed by atoms with Crippen LogP contribution < -0.4 is 10.6 Å². The summed E-state index contributed by atoms with van der Waals surface area (Å²) < 4.78 is 2.07. The number of nitrogens with two attached hydrogens (primary N) is 1. The molecule has 29 heavy (non-hydrogen) atoms. The van der Waals surface area contributed by atoms with Crippen molar-refractivity contribution in [2.75, 3.05) is 18.0 Å². The first kappa shape index (κ1) is 20.6. The van der Waals surface area contributed by atoms with Gasteiger partial charge >= 0.3 is 0 Å². The van der Waals surface area contributed by atoms with Crippen molar-refractivity contribution in [3.63, 3.8) is 0 Å². The standard InChI is InChI=1S/C20H21N7O.ClH/c1-13-6-16(27-10-15(25-12-27)7-18(22)28)11-26(9-13)17-3-2-14(8-21)19-20(17)24-5-4-23-19;/h2-5,10,12-13,16H,6-7,9,11H2,1H3,(H2,22,28);1H/t13-,16+;/m0./s1. The zero-order chi connectivity index (χ0) is 19.7. The number of hydrogen-bond acceptors (Lipinski definition) is 6. The summed E-state index contributed by atoms with van der Waals surface area (Å²) in [6.07, 6.45) is 8.11. The molecule has 1 aliphatic heterocycles. The number of nitrogens with zero attached hydrogens (tertiary/aromatic N) is 6. The first-order valence-electron chi connectivity index (χ1n) is 9.24. The Bertz CT molecular complexity index is 1070. The molecule has 0 spiro atoms. The van der Waals surface area contributed by atoms with E-state index in [0.717, 1.165) is 30.7 Å². The molecule has 1 aromatic carbocycles. The van der Waals surface area contributed by atoms with Gasteiger partial charge in [-0.3, -0.25) is 14.8 Å². The molecule has 0 radical (unpaired) electrons. The summed E-state index contributed by atoms with van der Waals surface area (Å²) in [5, 5.41) is 9.36. The number of aromatic nitrogens is 4. The summed E-state index contributed by atoms with van der Waals surface area (Å²) in [5.41, 5.74) is 8.85. The highest BCUT2D eigenvalue weighted by atomic mass is 35.5. The fourth-order valence-electron chi connectivity index (χ4n) is 3.97. The predicted molar refractivity (Wildman–Crippen MR) is 112 cm³/mol. The molecule has 3 heterocycles. The number of primary amides is 1. The minimum atomic E-state index is -0.383. The van der Waals surface area contributed by atoms with Gasteiger partial charge in [0.1, 0.15) is 17.1 Å². The van der Waals surface area contributed by atoms with Crippen LogP contribution in [0.1, 0.15) is 30.6 Å². The number of carbonyl (C=O) groups is 1. The zero-order valence-electron chi connectivity index (χ0n) is 16.0. The maximum atomic E-state index is 11.1. The Kier molecular flexibility index (Phi) is 5.99. The van der Waals surface area contributed by atoms with Crippen molar-refractivity contribution in [2.45, 2.75) is 25.8 Å². The van der Waals surface area contributed by atoms with Gasteiger partial charge in [-0.25, -0.2) is 4.98 Å². The number of carbonyl (C=O) groups excluding carboxylic acids is 1. The Labute approximate surface area is 174 Å². The van der Waals surface area contributed by atoms with E-state index >= 15 is 0 Å². The topological polar surface area (TPSA) is 114 Å². The monoisotopic (exact) mass is 411 g/mol. The van der Waals surface area contributed by atoms with Gasteiger partial charge in [0.05, 0.1) is 35.7 Å². The fraction of sp³-hybridized carbons (Fsp3) is 0.350. The number of imidazole rings is 1. The number of rotatable bonds is 4. The minimum Gasteiger partial charge on any atom is -0.369 e. The maximum absolute atomic E-state index is 11.1. The van der Waals surface area contributed by atoms with Gasteiger partial charge in [0.2, 0.25) is 5.91 Å². The van der Waals surface area contributed by atoms with E-state index in [0.29, 0.717) is 22.7 Å². The molecule has 2 atom stereocenters. The first-order chi connectivity index (χ1) is 13.5. The molecule has 9 heteroatoms. The Morgan fingerprint density at radius 2 is 2.00 bits per heavy atom. The molecule has 4 rings (SSSR count). The number of benzene rings is 1. The van der Waals surface area contributed by atoms with Crippen LogP contribution in [-0.4, -0.2) is 38.5 Å². The van der Waals surface area contributed by atoms with Crippen LogP contribution in [0.5, 0.6) is 0 Å². The van der Waals surface area contributed by atoms with Crippen molar-refractivity contribution in [1.82, 2.24) is 19.5 Å². The van der Waals surface area contributed by atoms with Gasteiger partial charge < -0.3 is 15.2 Å². The molecule has 2 N–H and O–H groups in total. The molecular weight excluding hydrogens is 390 g/mol. The smallest absolute Gasteiger partial charge is 0.223 e. The summed E-state index contributed by atoms with van der Waals surface area (Å²) in [6, 6.07) is 6.18. The fourth-order valence-corrected chi connectivity index (χ4v) is 3.97.